The molecule has 1 aromatic rings. The van der Waals surface area contributed by atoms with Crippen LogP contribution in [0.4, 0.5) is 0 Å². The van der Waals surface area contributed by atoms with E-state index in [0.717, 1.165) is 0 Å². The number of halogens is 1. The molecular weight excluding hydrogens is 240 g/mol. The summed E-state index contributed by atoms with van der Waals surface area (Å²) in [6.07, 6.45) is 3.04. The van der Waals surface area contributed by atoms with Crippen molar-refractivity contribution in [1.29, 1.82) is 0 Å². The average Bonchev–Trinajstić information content (AvgIpc) is 2.35. The number of carbonyl (C=O) groups is 1. The number of aromatic nitrogens is 1. The highest BCUT2D eigenvalue weighted by Crippen LogP contribution is 2.15. The second-order valence-corrected chi connectivity index (χ2v) is 3.84. The van der Waals surface area contributed by atoms with Gasteiger partial charge in [0.15, 0.2) is 0 Å². The summed E-state index contributed by atoms with van der Waals surface area (Å²) in [6.45, 7) is 6.25. The topological polar surface area (TPSA) is 42.4 Å². The zero-order chi connectivity index (χ0) is 12.7. The summed E-state index contributed by atoms with van der Waals surface area (Å²) in [6, 6.07) is 1.63. The predicted octanol–water partition coefficient (Wildman–Crippen LogP) is 2.23. The first-order valence-electron chi connectivity index (χ1n) is 5.67. The minimum atomic E-state index is -0.0837. The first-order valence-corrected chi connectivity index (χ1v) is 6.05. The average molecular weight is 257 g/mol. The molecular formula is C12H17ClN2O2. The normalized spacial score (nSPS) is 10.3. The van der Waals surface area contributed by atoms with E-state index in [1.54, 1.807) is 17.2 Å². The van der Waals surface area contributed by atoms with E-state index in [1.165, 1.54) is 6.20 Å². The van der Waals surface area contributed by atoms with Crippen molar-refractivity contribution in [3.05, 3.63) is 29.0 Å². The molecule has 1 amide bonds. The maximum atomic E-state index is 12.1. The van der Waals surface area contributed by atoms with Crippen LogP contribution in [-0.4, -0.2) is 42.1 Å². The SMILES string of the molecule is CCOCCN(CC)C(=O)c1ccncc1Cl. The van der Waals surface area contributed by atoms with Crippen LogP contribution in [0, 0.1) is 0 Å². The molecule has 1 aromatic heterocycles. The fourth-order valence-corrected chi connectivity index (χ4v) is 1.64. The van der Waals surface area contributed by atoms with Crippen LogP contribution in [0.15, 0.2) is 18.5 Å². The number of hydrogen-bond donors (Lipinski definition) is 0. The van der Waals surface area contributed by atoms with E-state index in [-0.39, 0.29) is 5.91 Å². The van der Waals surface area contributed by atoms with Crippen LogP contribution in [0.25, 0.3) is 0 Å². The van der Waals surface area contributed by atoms with Gasteiger partial charge in [0.05, 0.1) is 17.2 Å². The Morgan fingerprint density at radius 2 is 2.29 bits per heavy atom. The first kappa shape index (κ1) is 13.9. The van der Waals surface area contributed by atoms with Crippen molar-refractivity contribution in [2.45, 2.75) is 13.8 Å². The van der Waals surface area contributed by atoms with E-state index >= 15 is 0 Å². The van der Waals surface area contributed by atoms with Crippen LogP contribution < -0.4 is 0 Å². The lowest BCUT2D eigenvalue weighted by atomic mass is 10.2. The number of carbonyl (C=O) groups excluding carboxylic acids is 1. The van der Waals surface area contributed by atoms with Crippen LogP contribution >= 0.6 is 11.6 Å². The van der Waals surface area contributed by atoms with Crippen molar-refractivity contribution in [1.82, 2.24) is 9.88 Å². The molecule has 0 saturated carbocycles. The monoisotopic (exact) mass is 256 g/mol. The number of nitrogens with zero attached hydrogens (tertiary/aromatic N) is 2. The van der Waals surface area contributed by atoms with Gasteiger partial charge >= 0.3 is 0 Å². The van der Waals surface area contributed by atoms with E-state index in [0.29, 0.717) is 36.9 Å². The Hall–Kier alpha value is -1.13. The Morgan fingerprint density at radius 1 is 1.53 bits per heavy atom. The molecule has 94 valence electrons. The number of ether oxygens (including phenoxy) is 1. The highest BCUT2D eigenvalue weighted by Gasteiger charge is 2.16. The molecule has 0 N–H and O–H groups in total. The van der Waals surface area contributed by atoms with Gasteiger partial charge in [-0.05, 0) is 19.9 Å². The summed E-state index contributed by atoms with van der Waals surface area (Å²) in [7, 11) is 0. The van der Waals surface area contributed by atoms with Gasteiger partial charge in [0, 0.05) is 32.1 Å². The highest BCUT2D eigenvalue weighted by molar-refractivity contribution is 6.33. The Morgan fingerprint density at radius 3 is 2.88 bits per heavy atom. The molecule has 5 heteroatoms. The van der Waals surface area contributed by atoms with E-state index in [4.69, 9.17) is 16.3 Å². The standard InChI is InChI=1S/C12H17ClN2O2/c1-3-15(7-8-17-4-2)12(16)10-5-6-14-9-11(10)13/h5-6,9H,3-4,7-8H2,1-2H3. The smallest absolute Gasteiger partial charge is 0.255 e. The number of likely N-dealkylation sites (N-methyl/N-ethyl adjacent to an activating group) is 1. The maximum Gasteiger partial charge on any atom is 0.255 e. The Kier molecular flexibility index (Phi) is 5.94. The molecule has 0 aliphatic heterocycles. The number of rotatable bonds is 6. The largest absolute Gasteiger partial charge is 0.380 e. The zero-order valence-corrected chi connectivity index (χ0v) is 10.9. The van der Waals surface area contributed by atoms with Crippen LogP contribution in [0.5, 0.6) is 0 Å². The number of hydrogen-bond acceptors (Lipinski definition) is 3. The first-order chi connectivity index (χ1) is 8.20. The minimum absolute atomic E-state index is 0.0837. The molecule has 4 nitrogen and oxygen atoms in total. The van der Waals surface area contributed by atoms with Gasteiger partial charge in [-0.25, -0.2) is 0 Å². The molecule has 0 aliphatic carbocycles. The van der Waals surface area contributed by atoms with Crippen LogP contribution in [-0.2, 0) is 4.74 Å². The summed E-state index contributed by atoms with van der Waals surface area (Å²) in [5.74, 6) is -0.0837. The Balaban J connectivity index is 2.69. The molecule has 0 aromatic carbocycles. The Labute approximate surface area is 107 Å². The lowest BCUT2D eigenvalue weighted by molar-refractivity contribution is 0.0669. The zero-order valence-electron chi connectivity index (χ0n) is 10.1. The van der Waals surface area contributed by atoms with Crippen molar-refractivity contribution in [3.63, 3.8) is 0 Å². The van der Waals surface area contributed by atoms with E-state index in [2.05, 4.69) is 4.98 Å². The quantitative estimate of drug-likeness (QED) is 0.733. The van der Waals surface area contributed by atoms with Gasteiger partial charge < -0.3 is 9.64 Å². The molecule has 0 bridgehead atoms. The third kappa shape index (κ3) is 3.98. The Bertz CT molecular complexity index is 371. The third-order valence-electron chi connectivity index (χ3n) is 2.38. The molecule has 0 saturated heterocycles. The predicted molar refractivity (Wildman–Crippen MR) is 67.3 cm³/mol. The van der Waals surface area contributed by atoms with Crippen LogP contribution in [0.2, 0.25) is 5.02 Å². The molecule has 0 unspecified atom stereocenters. The number of amides is 1. The fraction of sp³-hybridized carbons (Fsp3) is 0.500. The summed E-state index contributed by atoms with van der Waals surface area (Å²) >= 11 is 5.94. The van der Waals surface area contributed by atoms with Crippen molar-refractivity contribution in [2.24, 2.45) is 0 Å². The van der Waals surface area contributed by atoms with Gasteiger partial charge in [-0.1, -0.05) is 11.6 Å². The van der Waals surface area contributed by atoms with Crippen molar-refractivity contribution < 1.29 is 9.53 Å². The summed E-state index contributed by atoms with van der Waals surface area (Å²) in [5.41, 5.74) is 0.486. The van der Waals surface area contributed by atoms with Gasteiger partial charge in [-0.2, -0.15) is 0 Å². The summed E-state index contributed by atoms with van der Waals surface area (Å²) < 4.78 is 5.24. The van der Waals surface area contributed by atoms with Gasteiger partial charge in [-0.15, -0.1) is 0 Å². The summed E-state index contributed by atoms with van der Waals surface area (Å²) in [4.78, 5) is 17.7. The third-order valence-corrected chi connectivity index (χ3v) is 2.68. The molecule has 1 heterocycles. The fourth-order valence-electron chi connectivity index (χ4n) is 1.44. The van der Waals surface area contributed by atoms with Gasteiger partial charge in [0.1, 0.15) is 0 Å². The molecule has 1 rings (SSSR count). The lowest BCUT2D eigenvalue weighted by Crippen LogP contribution is -2.34. The van der Waals surface area contributed by atoms with Crippen molar-refractivity contribution in [3.8, 4) is 0 Å². The number of pyridine rings is 1. The van der Waals surface area contributed by atoms with Crippen LogP contribution in [0.1, 0.15) is 24.2 Å². The van der Waals surface area contributed by atoms with Crippen molar-refractivity contribution >= 4 is 17.5 Å². The highest BCUT2D eigenvalue weighted by atomic mass is 35.5. The van der Waals surface area contributed by atoms with Gasteiger partial charge in [0.2, 0.25) is 0 Å². The van der Waals surface area contributed by atoms with E-state index in [1.807, 2.05) is 13.8 Å². The summed E-state index contributed by atoms with van der Waals surface area (Å²) in [5, 5.41) is 0.382. The van der Waals surface area contributed by atoms with E-state index in [9.17, 15) is 4.79 Å². The van der Waals surface area contributed by atoms with Crippen LogP contribution in [0.3, 0.4) is 0 Å². The van der Waals surface area contributed by atoms with Gasteiger partial charge in [-0.3, -0.25) is 9.78 Å². The molecule has 0 spiro atoms. The van der Waals surface area contributed by atoms with E-state index < -0.39 is 0 Å². The second-order valence-electron chi connectivity index (χ2n) is 3.44. The second kappa shape index (κ2) is 7.25. The molecule has 0 radical (unpaired) electrons. The molecule has 0 aliphatic rings. The molecule has 0 fully saturated rings. The molecule has 0 atom stereocenters. The minimum Gasteiger partial charge on any atom is -0.380 e. The maximum absolute atomic E-state index is 12.1. The lowest BCUT2D eigenvalue weighted by Gasteiger charge is -2.21. The van der Waals surface area contributed by atoms with Crippen molar-refractivity contribution in [2.75, 3.05) is 26.3 Å². The van der Waals surface area contributed by atoms with Gasteiger partial charge in [0.25, 0.3) is 5.91 Å². The molecule has 17 heavy (non-hydrogen) atoms.